The summed E-state index contributed by atoms with van der Waals surface area (Å²) in [7, 11) is 0. The Morgan fingerprint density at radius 1 is 0.848 bits per heavy atom. The van der Waals surface area contributed by atoms with Gasteiger partial charge in [0, 0.05) is 0 Å². The molecule has 0 spiro atoms. The molecule has 4 aliphatic rings. The van der Waals surface area contributed by atoms with Gasteiger partial charge in [-0.15, -0.1) is 0 Å². The zero-order valence-electron chi connectivity index (χ0n) is 21.2. The molecule has 0 heterocycles. The highest BCUT2D eigenvalue weighted by atomic mass is 16.5. The van der Waals surface area contributed by atoms with Crippen LogP contribution in [0.5, 0.6) is 0 Å². The summed E-state index contributed by atoms with van der Waals surface area (Å²) in [5.41, 5.74) is 1.84. The van der Waals surface area contributed by atoms with Gasteiger partial charge in [-0.3, -0.25) is 4.79 Å². The molecule has 3 nitrogen and oxygen atoms in total. The number of carbonyl (C=O) groups is 1. The molecule has 4 saturated carbocycles. The molecular formula is C30H40O3. The molecule has 3 heteroatoms. The number of rotatable bonds is 6. The number of ether oxygens (including phenoxy) is 2. The van der Waals surface area contributed by atoms with E-state index in [4.69, 9.17) is 9.47 Å². The highest BCUT2D eigenvalue weighted by Gasteiger charge is 2.56. The van der Waals surface area contributed by atoms with Crippen molar-refractivity contribution in [2.75, 3.05) is 0 Å². The lowest BCUT2D eigenvalue weighted by Crippen LogP contribution is -2.58. The van der Waals surface area contributed by atoms with Gasteiger partial charge >= 0.3 is 5.97 Å². The minimum atomic E-state index is -0.386. The third-order valence-electron chi connectivity index (χ3n) is 9.08. The SMILES string of the molecule is CCC(C)(C)C(=O)OC1C2CC3CC1CC(C2)C3OC(C)(C)c1ccc2cc(C)ccc2c1. The highest BCUT2D eigenvalue weighted by Crippen LogP contribution is 2.57. The Morgan fingerprint density at radius 3 is 2.00 bits per heavy atom. The highest BCUT2D eigenvalue weighted by molar-refractivity contribution is 5.84. The van der Waals surface area contributed by atoms with Crippen LogP contribution in [0.1, 0.15) is 77.8 Å². The molecule has 2 aromatic rings. The summed E-state index contributed by atoms with van der Waals surface area (Å²) in [5.74, 6) is 2.18. The van der Waals surface area contributed by atoms with Gasteiger partial charge in [-0.05, 0) is 113 Å². The molecule has 0 saturated heterocycles. The van der Waals surface area contributed by atoms with Gasteiger partial charge in [0.25, 0.3) is 0 Å². The normalized spacial score (nSPS) is 31.2. The minimum absolute atomic E-state index is 0.0112. The van der Waals surface area contributed by atoms with Crippen LogP contribution in [-0.2, 0) is 19.9 Å². The Morgan fingerprint density at radius 2 is 1.39 bits per heavy atom. The van der Waals surface area contributed by atoms with E-state index >= 15 is 0 Å². The van der Waals surface area contributed by atoms with Crippen LogP contribution in [0.4, 0.5) is 0 Å². The Bertz CT molecular complexity index is 1020. The molecular weight excluding hydrogens is 408 g/mol. The Hall–Kier alpha value is -1.87. The van der Waals surface area contributed by atoms with Crippen molar-refractivity contribution in [2.45, 2.75) is 91.5 Å². The van der Waals surface area contributed by atoms with Crippen molar-refractivity contribution < 1.29 is 14.3 Å². The maximum Gasteiger partial charge on any atom is 0.311 e. The lowest BCUT2D eigenvalue weighted by molar-refractivity contribution is -0.219. The first-order chi connectivity index (χ1) is 15.6. The van der Waals surface area contributed by atoms with E-state index in [1.165, 1.54) is 21.9 Å². The van der Waals surface area contributed by atoms with E-state index in [2.05, 4.69) is 64.1 Å². The van der Waals surface area contributed by atoms with Gasteiger partial charge in [-0.2, -0.15) is 0 Å². The largest absolute Gasteiger partial charge is 0.461 e. The van der Waals surface area contributed by atoms with E-state index in [0.29, 0.717) is 29.8 Å². The number of esters is 1. The van der Waals surface area contributed by atoms with E-state index in [1.807, 2.05) is 13.8 Å². The molecule has 4 aliphatic carbocycles. The van der Waals surface area contributed by atoms with Gasteiger partial charge < -0.3 is 9.47 Å². The molecule has 4 bridgehead atoms. The van der Waals surface area contributed by atoms with E-state index in [1.54, 1.807) is 0 Å². The second-order valence-corrected chi connectivity index (χ2v) is 12.2. The van der Waals surface area contributed by atoms with Crippen LogP contribution >= 0.6 is 0 Å². The van der Waals surface area contributed by atoms with Crippen molar-refractivity contribution in [1.29, 1.82) is 0 Å². The number of benzene rings is 2. The van der Waals surface area contributed by atoms with Crippen molar-refractivity contribution in [3.63, 3.8) is 0 Å². The molecule has 0 unspecified atom stereocenters. The van der Waals surface area contributed by atoms with E-state index in [0.717, 1.165) is 32.1 Å². The molecule has 0 aromatic heterocycles. The molecule has 2 aromatic carbocycles. The van der Waals surface area contributed by atoms with Crippen molar-refractivity contribution in [1.82, 2.24) is 0 Å². The number of hydrogen-bond donors (Lipinski definition) is 0. The molecule has 0 amide bonds. The first-order valence-corrected chi connectivity index (χ1v) is 13.0. The first-order valence-electron chi connectivity index (χ1n) is 13.0. The van der Waals surface area contributed by atoms with Crippen molar-refractivity contribution in [3.8, 4) is 0 Å². The van der Waals surface area contributed by atoms with Crippen molar-refractivity contribution in [2.24, 2.45) is 29.1 Å². The van der Waals surface area contributed by atoms with Gasteiger partial charge in [-0.25, -0.2) is 0 Å². The zero-order valence-corrected chi connectivity index (χ0v) is 21.2. The smallest absolute Gasteiger partial charge is 0.311 e. The van der Waals surface area contributed by atoms with E-state index < -0.39 is 0 Å². The van der Waals surface area contributed by atoms with Gasteiger partial charge in [0.1, 0.15) is 6.10 Å². The number of carbonyl (C=O) groups excluding carboxylic acids is 1. The van der Waals surface area contributed by atoms with Crippen LogP contribution in [0.15, 0.2) is 36.4 Å². The fourth-order valence-electron chi connectivity index (χ4n) is 6.74. The predicted octanol–water partition coefficient (Wildman–Crippen LogP) is 7.18. The van der Waals surface area contributed by atoms with Crippen molar-refractivity contribution in [3.05, 3.63) is 47.5 Å². The van der Waals surface area contributed by atoms with Crippen LogP contribution in [0.2, 0.25) is 0 Å². The lowest BCUT2D eigenvalue weighted by atomic mass is 9.53. The molecule has 0 atom stereocenters. The molecule has 6 rings (SSSR count). The predicted molar refractivity (Wildman–Crippen MR) is 133 cm³/mol. The van der Waals surface area contributed by atoms with Crippen LogP contribution in [0.25, 0.3) is 10.8 Å². The number of hydrogen-bond acceptors (Lipinski definition) is 3. The molecule has 0 radical (unpaired) electrons. The summed E-state index contributed by atoms with van der Waals surface area (Å²) in [4.78, 5) is 12.8. The summed E-state index contributed by atoms with van der Waals surface area (Å²) in [6.45, 7) is 12.7. The van der Waals surface area contributed by atoms with Gasteiger partial charge in [0.05, 0.1) is 17.1 Å². The third-order valence-corrected chi connectivity index (χ3v) is 9.08. The Kier molecular flexibility index (Phi) is 5.63. The number of aryl methyl sites for hydroxylation is 1. The second kappa shape index (κ2) is 8.12. The summed E-state index contributed by atoms with van der Waals surface area (Å²) < 4.78 is 13.1. The summed E-state index contributed by atoms with van der Waals surface area (Å²) in [6, 6.07) is 13.4. The molecule has 0 N–H and O–H groups in total. The molecule has 0 aliphatic heterocycles. The average molecular weight is 449 g/mol. The summed E-state index contributed by atoms with van der Waals surface area (Å²) in [5, 5.41) is 2.57. The van der Waals surface area contributed by atoms with Crippen LogP contribution in [0.3, 0.4) is 0 Å². The Balaban J connectivity index is 1.29. The van der Waals surface area contributed by atoms with Crippen LogP contribution in [-0.4, -0.2) is 18.2 Å². The Labute approximate surface area is 199 Å². The fourth-order valence-corrected chi connectivity index (χ4v) is 6.74. The second-order valence-electron chi connectivity index (χ2n) is 12.2. The molecule has 178 valence electrons. The summed E-state index contributed by atoms with van der Waals surface area (Å²) >= 11 is 0. The van der Waals surface area contributed by atoms with E-state index in [9.17, 15) is 4.79 Å². The third kappa shape index (κ3) is 4.11. The first kappa shape index (κ1) is 22.9. The monoisotopic (exact) mass is 448 g/mol. The lowest BCUT2D eigenvalue weighted by Gasteiger charge is -2.58. The topological polar surface area (TPSA) is 35.5 Å². The molecule has 33 heavy (non-hydrogen) atoms. The fraction of sp³-hybridized carbons (Fsp3) is 0.633. The maximum absolute atomic E-state index is 12.8. The minimum Gasteiger partial charge on any atom is -0.461 e. The van der Waals surface area contributed by atoms with Gasteiger partial charge in [-0.1, -0.05) is 42.8 Å². The van der Waals surface area contributed by atoms with E-state index in [-0.39, 0.29) is 23.1 Å². The number of fused-ring (bicyclic) bond motifs is 1. The molecule has 4 fully saturated rings. The summed E-state index contributed by atoms with van der Waals surface area (Å²) in [6.07, 6.45) is 5.78. The van der Waals surface area contributed by atoms with Crippen molar-refractivity contribution >= 4 is 16.7 Å². The van der Waals surface area contributed by atoms with Crippen LogP contribution < -0.4 is 0 Å². The quantitative estimate of drug-likeness (QED) is 0.439. The van der Waals surface area contributed by atoms with Gasteiger partial charge in [0.15, 0.2) is 0 Å². The van der Waals surface area contributed by atoms with Gasteiger partial charge in [0.2, 0.25) is 0 Å². The average Bonchev–Trinajstić information content (AvgIpc) is 2.76. The zero-order chi connectivity index (χ0) is 23.5. The standard InChI is InChI=1S/C30H40O3/c1-7-29(3,4)28(31)32-26-21-13-23-15-22(26)16-24(14-21)27(23)33-30(5,6)25-11-10-19-12-18(2)8-9-20(19)17-25/h8-12,17,21-24,26-27H,7,13-16H2,1-6H3. The maximum atomic E-state index is 12.8. The van der Waals surface area contributed by atoms with Crippen LogP contribution in [0, 0.1) is 36.0 Å².